The van der Waals surface area contributed by atoms with E-state index in [1.54, 1.807) is 10.7 Å². The van der Waals surface area contributed by atoms with E-state index in [0.29, 0.717) is 30.5 Å². The average Bonchev–Trinajstić information content (AvgIpc) is 2.98. The molecule has 9 heteroatoms. The lowest BCUT2D eigenvalue weighted by Gasteiger charge is -2.11. The molecule has 0 saturated heterocycles. The van der Waals surface area contributed by atoms with Crippen LogP contribution in [0.5, 0.6) is 11.5 Å². The molecule has 9 nitrogen and oxygen atoms in total. The van der Waals surface area contributed by atoms with Crippen molar-refractivity contribution in [3.63, 3.8) is 0 Å². The van der Waals surface area contributed by atoms with Gasteiger partial charge in [-0.25, -0.2) is 4.68 Å². The Kier molecular flexibility index (Phi) is 5.12. The molecular formula is C13H18N6O3. The monoisotopic (exact) mass is 306 g/mol. The number of carbonyl (C=O) groups is 1. The van der Waals surface area contributed by atoms with Crippen molar-refractivity contribution >= 4 is 11.9 Å². The Labute approximate surface area is 127 Å². The first-order valence-corrected chi connectivity index (χ1v) is 6.72. The standard InChI is InChI=1S/C13H18N6O3/c1-3-19-13(16-17-18-19)15-7-9-4-5-10(11(6-9)21-2)22-8-12(14)20/h4-6H,3,7-8H2,1-2H3,(H2,14,20)(H,15,16,18). The van der Waals surface area contributed by atoms with Crippen molar-refractivity contribution in [1.29, 1.82) is 0 Å². The highest BCUT2D eigenvalue weighted by Gasteiger charge is 2.08. The first kappa shape index (κ1) is 15.5. The highest BCUT2D eigenvalue weighted by molar-refractivity contribution is 5.75. The van der Waals surface area contributed by atoms with E-state index in [2.05, 4.69) is 20.8 Å². The predicted molar refractivity (Wildman–Crippen MR) is 78.5 cm³/mol. The molecule has 0 fully saturated rings. The molecule has 0 bridgehead atoms. The van der Waals surface area contributed by atoms with Gasteiger partial charge in [0.2, 0.25) is 5.95 Å². The second-order valence-electron chi connectivity index (χ2n) is 4.41. The van der Waals surface area contributed by atoms with Gasteiger partial charge in [-0.2, -0.15) is 0 Å². The molecular weight excluding hydrogens is 288 g/mol. The molecule has 0 aliphatic heterocycles. The van der Waals surface area contributed by atoms with Gasteiger partial charge in [0.15, 0.2) is 18.1 Å². The van der Waals surface area contributed by atoms with Crippen LogP contribution >= 0.6 is 0 Å². The van der Waals surface area contributed by atoms with E-state index in [-0.39, 0.29) is 6.61 Å². The minimum absolute atomic E-state index is 0.195. The number of carbonyl (C=O) groups excluding carboxylic acids is 1. The summed E-state index contributed by atoms with van der Waals surface area (Å²) >= 11 is 0. The van der Waals surface area contributed by atoms with Crippen molar-refractivity contribution in [3.8, 4) is 11.5 Å². The van der Waals surface area contributed by atoms with Crippen LogP contribution in [0, 0.1) is 0 Å². The Morgan fingerprint density at radius 3 is 2.91 bits per heavy atom. The number of primary amides is 1. The van der Waals surface area contributed by atoms with Gasteiger partial charge in [0.1, 0.15) is 0 Å². The smallest absolute Gasteiger partial charge is 0.255 e. The Bertz CT molecular complexity index is 642. The topological polar surface area (TPSA) is 117 Å². The number of aryl methyl sites for hydroxylation is 1. The summed E-state index contributed by atoms with van der Waals surface area (Å²) in [7, 11) is 1.53. The lowest BCUT2D eigenvalue weighted by atomic mass is 10.2. The summed E-state index contributed by atoms with van der Waals surface area (Å²) in [5, 5.41) is 14.5. The molecule has 0 unspecified atom stereocenters. The zero-order valence-electron chi connectivity index (χ0n) is 12.4. The molecule has 0 aliphatic rings. The fourth-order valence-electron chi connectivity index (χ4n) is 1.82. The number of nitrogens with one attached hydrogen (secondary N) is 1. The number of anilines is 1. The summed E-state index contributed by atoms with van der Waals surface area (Å²) in [6, 6.07) is 5.39. The summed E-state index contributed by atoms with van der Waals surface area (Å²) in [5.74, 6) is 1.04. The molecule has 118 valence electrons. The molecule has 0 atom stereocenters. The number of rotatable bonds is 8. The molecule has 1 aromatic heterocycles. The van der Waals surface area contributed by atoms with Crippen molar-refractivity contribution in [2.24, 2.45) is 5.73 Å². The lowest BCUT2D eigenvalue weighted by Crippen LogP contribution is -2.20. The maximum atomic E-state index is 10.8. The number of nitrogens with zero attached hydrogens (tertiary/aromatic N) is 4. The van der Waals surface area contributed by atoms with Crippen LogP contribution in [0.15, 0.2) is 18.2 Å². The summed E-state index contributed by atoms with van der Waals surface area (Å²) in [4.78, 5) is 10.8. The number of methoxy groups -OCH3 is 1. The zero-order valence-corrected chi connectivity index (χ0v) is 12.4. The number of benzene rings is 1. The van der Waals surface area contributed by atoms with Crippen LogP contribution < -0.4 is 20.5 Å². The molecule has 0 aliphatic carbocycles. The summed E-state index contributed by atoms with van der Waals surface area (Å²) in [5.41, 5.74) is 6.01. The molecule has 2 rings (SSSR count). The van der Waals surface area contributed by atoms with Crippen molar-refractivity contribution in [2.75, 3.05) is 19.0 Å². The van der Waals surface area contributed by atoms with Crippen molar-refractivity contribution in [3.05, 3.63) is 23.8 Å². The number of tetrazole rings is 1. The van der Waals surface area contributed by atoms with Gasteiger partial charge in [-0.1, -0.05) is 11.2 Å². The third-order valence-electron chi connectivity index (χ3n) is 2.88. The molecule has 0 spiro atoms. The minimum atomic E-state index is -0.542. The van der Waals surface area contributed by atoms with E-state index in [4.69, 9.17) is 15.2 Å². The zero-order chi connectivity index (χ0) is 15.9. The van der Waals surface area contributed by atoms with Crippen LogP contribution in [0.3, 0.4) is 0 Å². The molecule has 3 N–H and O–H groups in total. The molecule has 0 saturated carbocycles. The molecule has 0 radical (unpaired) electrons. The molecule has 1 heterocycles. The fraction of sp³-hybridized carbons (Fsp3) is 0.385. The van der Waals surface area contributed by atoms with E-state index in [0.717, 1.165) is 5.56 Å². The van der Waals surface area contributed by atoms with Crippen LogP contribution in [0.2, 0.25) is 0 Å². The SMILES string of the molecule is CCn1nnnc1NCc1ccc(OCC(N)=O)c(OC)c1. The highest BCUT2D eigenvalue weighted by atomic mass is 16.5. The van der Waals surface area contributed by atoms with E-state index >= 15 is 0 Å². The van der Waals surface area contributed by atoms with Gasteiger partial charge >= 0.3 is 0 Å². The van der Waals surface area contributed by atoms with Crippen LogP contribution in [-0.4, -0.2) is 39.8 Å². The second kappa shape index (κ2) is 7.25. The van der Waals surface area contributed by atoms with Crippen LogP contribution in [0.4, 0.5) is 5.95 Å². The van der Waals surface area contributed by atoms with Crippen molar-refractivity contribution in [1.82, 2.24) is 20.2 Å². The third kappa shape index (κ3) is 3.84. The Morgan fingerprint density at radius 2 is 2.23 bits per heavy atom. The van der Waals surface area contributed by atoms with Gasteiger partial charge in [0, 0.05) is 13.1 Å². The van der Waals surface area contributed by atoms with Gasteiger partial charge in [0.05, 0.1) is 7.11 Å². The maximum Gasteiger partial charge on any atom is 0.255 e. The first-order valence-electron chi connectivity index (χ1n) is 6.72. The first-order chi connectivity index (χ1) is 10.6. The van der Waals surface area contributed by atoms with Crippen molar-refractivity contribution in [2.45, 2.75) is 20.0 Å². The van der Waals surface area contributed by atoms with E-state index in [1.807, 2.05) is 19.1 Å². The van der Waals surface area contributed by atoms with E-state index in [9.17, 15) is 4.79 Å². The normalized spacial score (nSPS) is 10.3. The van der Waals surface area contributed by atoms with Crippen LogP contribution in [0.25, 0.3) is 0 Å². The largest absolute Gasteiger partial charge is 0.493 e. The summed E-state index contributed by atoms with van der Waals surface area (Å²) in [6.45, 7) is 2.96. The second-order valence-corrected chi connectivity index (χ2v) is 4.41. The van der Waals surface area contributed by atoms with E-state index < -0.39 is 5.91 Å². The average molecular weight is 306 g/mol. The number of aromatic nitrogens is 4. The third-order valence-corrected chi connectivity index (χ3v) is 2.88. The van der Waals surface area contributed by atoms with Crippen LogP contribution in [-0.2, 0) is 17.9 Å². The number of nitrogens with two attached hydrogens (primary N) is 1. The number of hydrogen-bond donors (Lipinski definition) is 2. The lowest BCUT2D eigenvalue weighted by molar-refractivity contribution is -0.119. The van der Waals surface area contributed by atoms with Crippen LogP contribution in [0.1, 0.15) is 12.5 Å². The molecule has 1 aromatic carbocycles. The Morgan fingerprint density at radius 1 is 1.41 bits per heavy atom. The highest BCUT2D eigenvalue weighted by Crippen LogP contribution is 2.28. The molecule has 22 heavy (non-hydrogen) atoms. The predicted octanol–water partition coefficient (Wildman–Crippen LogP) is 0.178. The number of ether oxygens (including phenoxy) is 2. The fourth-order valence-corrected chi connectivity index (χ4v) is 1.82. The summed E-state index contributed by atoms with van der Waals surface area (Å²) < 4.78 is 12.2. The number of amides is 1. The molecule has 1 amide bonds. The van der Waals surface area contributed by atoms with Gasteiger partial charge in [-0.3, -0.25) is 4.79 Å². The summed E-state index contributed by atoms with van der Waals surface area (Å²) in [6.07, 6.45) is 0. The Balaban J connectivity index is 2.04. The minimum Gasteiger partial charge on any atom is -0.493 e. The van der Waals surface area contributed by atoms with Gasteiger partial charge in [-0.05, 0) is 35.0 Å². The van der Waals surface area contributed by atoms with E-state index in [1.165, 1.54) is 7.11 Å². The van der Waals surface area contributed by atoms with Gasteiger partial charge in [-0.15, -0.1) is 0 Å². The number of hydrogen-bond acceptors (Lipinski definition) is 7. The van der Waals surface area contributed by atoms with Gasteiger partial charge < -0.3 is 20.5 Å². The van der Waals surface area contributed by atoms with Gasteiger partial charge in [0.25, 0.3) is 5.91 Å². The van der Waals surface area contributed by atoms with Crippen molar-refractivity contribution < 1.29 is 14.3 Å². The maximum absolute atomic E-state index is 10.8. The molecule has 2 aromatic rings. The quantitative estimate of drug-likeness (QED) is 0.714. The Hall–Kier alpha value is -2.84.